The number of nitrogens with zero attached hydrogens (tertiary/aromatic N) is 1. The van der Waals surface area contributed by atoms with E-state index in [2.05, 4.69) is 5.32 Å². The van der Waals surface area contributed by atoms with Gasteiger partial charge in [-0.1, -0.05) is 48.5 Å². The summed E-state index contributed by atoms with van der Waals surface area (Å²) < 4.78 is 13.5. The van der Waals surface area contributed by atoms with Crippen LogP contribution >= 0.6 is 0 Å². The van der Waals surface area contributed by atoms with Gasteiger partial charge in [-0.3, -0.25) is 9.59 Å². The number of rotatable bonds is 5. The molecular weight excluding hydrogens is 367 g/mol. The number of carbonyl (C=O) groups is 2. The fraction of sp³-hybridized carbons (Fsp3) is 0.167. The standard InChI is InChI=1S/C24H21FN2O2/c1-16-6-2-5-9-21(16)26-23(28)14-22(17-10-12-19(25)13-11-17)27-15-18-7-3-4-8-20(18)24(27)29/h2-13,22H,14-15H2,1H3,(H,26,28). The largest absolute Gasteiger partial charge is 0.327 e. The maximum atomic E-state index is 13.5. The third kappa shape index (κ3) is 3.90. The zero-order valence-electron chi connectivity index (χ0n) is 16.1. The van der Waals surface area contributed by atoms with Crippen molar-refractivity contribution in [2.75, 3.05) is 5.32 Å². The van der Waals surface area contributed by atoms with Crippen LogP contribution in [0.4, 0.5) is 10.1 Å². The van der Waals surface area contributed by atoms with Crippen molar-refractivity contribution in [3.05, 3.63) is 101 Å². The average molecular weight is 388 g/mol. The Kier molecular flexibility index (Phi) is 5.12. The molecule has 3 aromatic carbocycles. The predicted molar refractivity (Wildman–Crippen MR) is 110 cm³/mol. The molecule has 0 aromatic heterocycles. The van der Waals surface area contributed by atoms with Crippen LogP contribution in [-0.2, 0) is 11.3 Å². The van der Waals surface area contributed by atoms with E-state index in [1.165, 1.54) is 12.1 Å². The summed E-state index contributed by atoms with van der Waals surface area (Å²) in [6.45, 7) is 2.35. The van der Waals surface area contributed by atoms with Crippen molar-refractivity contribution in [3.63, 3.8) is 0 Å². The summed E-state index contributed by atoms with van der Waals surface area (Å²) in [7, 11) is 0. The Balaban J connectivity index is 1.61. The molecule has 29 heavy (non-hydrogen) atoms. The number of para-hydroxylation sites is 1. The number of halogens is 1. The Hall–Kier alpha value is -3.47. The lowest BCUT2D eigenvalue weighted by Crippen LogP contribution is -2.32. The van der Waals surface area contributed by atoms with Crippen LogP contribution in [0.15, 0.2) is 72.8 Å². The van der Waals surface area contributed by atoms with Gasteiger partial charge in [0.15, 0.2) is 0 Å². The summed E-state index contributed by atoms with van der Waals surface area (Å²) >= 11 is 0. The lowest BCUT2D eigenvalue weighted by Gasteiger charge is -2.28. The second-order valence-electron chi connectivity index (χ2n) is 7.22. The minimum absolute atomic E-state index is 0.0830. The number of amides is 2. The molecule has 0 bridgehead atoms. The molecule has 2 amide bonds. The van der Waals surface area contributed by atoms with E-state index in [4.69, 9.17) is 0 Å². The highest BCUT2D eigenvalue weighted by Crippen LogP contribution is 2.34. The van der Waals surface area contributed by atoms with Gasteiger partial charge >= 0.3 is 0 Å². The van der Waals surface area contributed by atoms with Gasteiger partial charge < -0.3 is 10.2 Å². The van der Waals surface area contributed by atoms with Crippen molar-refractivity contribution in [2.45, 2.75) is 25.9 Å². The molecule has 0 aliphatic carbocycles. The molecule has 1 aliphatic rings. The molecule has 146 valence electrons. The Labute approximate surface area is 169 Å². The maximum absolute atomic E-state index is 13.5. The lowest BCUT2D eigenvalue weighted by atomic mass is 10.0. The highest BCUT2D eigenvalue weighted by atomic mass is 19.1. The van der Waals surface area contributed by atoms with Gasteiger partial charge in [0, 0.05) is 17.8 Å². The van der Waals surface area contributed by atoms with Crippen LogP contribution in [0.1, 0.15) is 39.5 Å². The molecule has 1 atom stereocenters. The number of hydrogen-bond donors (Lipinski definition) is 1. The van der Waals surface area contributed by atoms with E-state index < -0.39 is 6.04 Å². The summed E-state index contributed by atoms with van der Waals surface area (Å²) in [6.07, 6.45) is 0.0830. The number of carbonyl (C=O) groups excluding carboxylic acids is 2. The molecule has 4 rings (SSSR count). The van der Waals surface area contributed by atoms with Gasteiger partial charge in [0.1, 0.15) is 5.82 Å². The molecule has 1 unspecified atom stereocenters. The van der Waals surface area contributed by atoms with Gasteiger partial charge in [-0.05, 0) is 47.9 Å². The third-order valence-electron chi connectivity index (χ3n) is 5.28. The molecule has 0 saturated carbocycles. The van der Waals surface area contributed by atoms with Crippen LogP contribution < -0.4 is 5.32 Å². The van der Waals surface area contributed by atoms with Crippen LogP contribution in [0, 0.1) is 12.7 Å². The highest BCUT2D eigenvalue weighted by molar-refractivity contribution is 5.99. The van der Waals surface area contributed by atoms with Crippen LogP contribution in [0.5, 0.6) is 0 Å². The number of nitrogens with one attached hydrogen (secondary N) is 1. The van der Waals surface area contributed by atoms with E-state index in [0.29, 0.717) is 12.1 Å². The molecule has 0 fully saturated rings. The molecule has 4 nitrogen and oxygen atoms in total. The first-order valence-electron chi connectivity index (χ1n) is 9.53. The molecule has 1 aliphatic heterocycles. The Morgan fingerprint density at radius 2 is 1.72 bits per heavy atom. The molecule has 3 aromatic rings. The summed E-state index contributed by atoms with van der Waals surface area (Å²) in [5, 5.41) is 2.93. The molecule has 5 heteroatoms. The second kappa shape index (κ2) is 7.87. The lowest BCUT2D eigenvalue weighted by molar-refractivity contribution is -0.117. The van der Waals surface area contributed by atoms with E-state index in [-0.39, 0.29) is 24.1 Å². The van der Waals surface area contributed by atoms with Crippen LogP contribution in [0.3, 0.4) is 0 Å². The maximum Gasteiger partial charge on any atom is 0.255 e. The number of benzene rings is 3. The molecule has 0 radical (unpaired) electrons. The monoisotopic (exact) mass is 388 g/mol. The number of fused-ring (bicyclic) bond motifs is 1. The second-order valence-corrected chi connectivity index (χ2v) is 7.22. The highest BCUT2D eigenvalue weighted by Gasteiger charge is 2.34. The van der Waals surface area contributed by atoms with Gasteiger partial charge in [-0.25, -0.2) is 4.39 Å². The van der Waals surface area contributed by atoms with Crippen LogP contribution in [0.25, 0.3) is 0 Å². The molecule has 0 spiro atoms. The topological polar surface area (TPSA) is 49.4 Å². The SMILES string of the molecule is Cc1ccccc1NC(=O)CC(c1ccc(F)cc1)N1Cc2ccccc2C1=O. The normalized spacial score (nSPS) is 13.9. The van der Waals surface area contributed by atoms with Crippen molar-refractivity contribution in [2.24, 2.45) is 0 Å². The predicted octanol–water partition coefficient (Wildman–Crippen LogP) is 4.86. The zero-order chi connectivity index (χ0) is 20.4. The summed E-state index contributed by atoms with van der Waals surface area (Å²) in [5.41, 5.74) is 4.02. The van der Waals surface area contributed by atoms with Gasteiger partial charge in [0.05, 0.1) is 12.5 Å². The first-order valence-corrected chi connectivity index (χ1v) is 9.53. The van der Waals surface area contributed by atoms with Crippen molar-refractivity contribution < 1.29 is 14.0 Å². The first-order chi connectivity index (χ1) is 14.0. The number of aryl methyl sites for hydroxylation is 1. The molecule has 1 heterocycles. The van der Waals surface area contributed by atoms with Crippen molar-refractivity contribution in [3.8, 4) is 0 Å². The van der Waals surface area contributed by atoms with E-state index in [1.807, 2.05) is 49.4 Å². The zero-order valence-corrected chi connectivity index (χ0v) is 16.1. The fourth-order valence-electron chi connectivity index (χ4n) is 3.71. The molecule has 1 N–H and O–H groups in total. The van der Waals surface area contributed by atoms with E-state index in [0.717, 1.165) is 22.4 Å². The smallest absolute Gasteiger partial charge is 0.255 e. The van der Waals surface area contributed by atoms with Crippen molar-refractivity contribution in [1.29, 1.82) is 0 Å². The first kappa shape index (κ1) is 18.9. The molecular formula is C24H21FN2O2. The fourth-order valence-corrected chi connectivity index (χ4v) is 3.71. The molecule has 0 saturated heterocycles. The number of anilines is 1. The van der Waals surface area contributed by atoms with Crippen molar-refractivity contribution in [1.82, 2.24) is 4.90 Å². The van der Waals surface area contributed by atoms with Gasteiger partial charge in [-0.2, -0.15) is 0 Å². The number of hydrogen-bond acceptors (Lipinski definition) is 2. The van der Waals surface area contributed by atoms with Crippen molar-refractivity contribution >= 4 is 17.5 Å². The quantitative estimate of drug-likeness (QED) is 0.679. The summed E-state index contributed by atoms with van der Waals surface area (Å²) in [4.78, 5) is 27.5. The van der Waals surface area contributed by atoms with Gasteiger partial charge in [0.2, 0.25) is 5.91 Å². The van der Waals surface area contributed by atoms with E-state index in [1.54, 1.807) is 23.1 Å². The average Bonchev–Trinajstić information content (AvgIpc) is 3.05. The van der Waals surface area contributed by atoms with E-state index >= 15 is 0 Å². The van der Waals surface area contributed by atoms with Gasteiger partial charge in [-0.15, -0.1) is 0 Å². The van der Waals surface area contributed by atoms with E-state index in [9.17, 15) is 14.0 Å². The minimum atomic E-state index is -0.487. The van der Waals surface area contributed by atoms with Crippen LogP contribution in [0.2, 0.25) is 0 Å². The Bertz CT molecular complexity index is 1060. The van der Waals surface area contributed by atoms with Gasteiger partial charge in [0.25, 0.3) is 5.91 Å². The Morgan fingerprint density at radius 1 is 1.03 bits per heavy atom. The summed E-state index contributed by atoms with van der Waals surface area (Å²) in [6, 6.07) is 20.5. The minimum Gasteiger partial charge on any atom is -0.327 e. The third-order valence-corrected chi connectivity index (χ3v) is 5.28. The van der Waals surface area contributed by atoms with Crippen LogP contribution in [-0.4, -0.2) is 16.7 Å². The Morgan fingerprint density at radius 3 is 2.45 bits per heavy atom. The summed E-state index contributed by atoms with van der Waals surface area (Å²) in [5.74, 6) is -0.663.